The second-order valence-electron chi connectivity index (χ2n) is 3.27. The lowest BCUT2D eigenvalue weighted by Gasteiger charge is -2.01. The van der Waals surface area contributed by atoms with E-state index in [1.54, 1.807) is 6.20 Å². The quantitative estimate of drug-likeness (QED) is 0.619. The predicted molar refractivity (Wildman–Crippen MR) is 56.8 cm³/mol. The Balaban J connectivity index is 2.58. The molecule has 0 aliphatic carbocycles. The van der Waals surface area contributed by atoms with Crippen LogP contribution in [0.2, 0.25) is 0 Å². The first kappa shape index (κ1) is 8.71. The predicted octanol–water partition coefficient (Wildman–Crippen LogP) is 3.22. The van der Waals surface area contributed by atoms with Crippen molar-refractivity contribution in [1.29, 1.82) is 0 Å². The van der Waals surface area contributed by atoms with Gasteiger partial charge >= 0.3 is 0 Å². The molecule has 0 bridgehead atoms. The zero-order chi connectivity index (χ0) is 9.97. The molecule has 1 aromatic carbocycles. The molecule has 0 radical (unpaired) electrons. The molecule has 1 heterocycles. The average Bonchev–Trinajstić information content (AvgIpc) is 2.27. The summed E-state index contributed by atoms with van der Waals surface area (Å²) in [6.45, 7) is 8.84. The molecule has 0 N–H and O–H groups in total. The maximum atomic E-state index is 6.95. The average molecular weight is 182 g/mol. The summed E-state index contributed by atoms with van der Waals surface area (Å²) in [5.74, 6) is 0. The lowest BCUT2D eigenvalue weighted by molar-refractivity contribution is 0.954. The van der Waals surface area contributed by atoms with E-state index in [0.717, 1.165) is 16.5 Å². The molecular weight excluding hydrogens is 172 g/mol. The molecule has 0 fully saturated rings. The number of aromatic nitrogens is 1. The van der Waals surface area contributed by atoms with E-state index in [-0.39, 0.29) is 6.04 Å². The zero-order valence-electron chi connectivity index (χ0n) is 7.94. The first-order valence-corrected chi connectivity index (χ1v) is 4.52. The molecule has 2 nitrogen and oxygen atoms in total. The third kappa shape index (κ3) is 1.45. The minimum atomic E-state index is -0.105. The van der Waals surface area contributed by atoms with E-state index < -0.39 is 0 Å². The molecule has 2 rings (SSSR count). The van der Waals surface area contributed by atoms with E-state index in [1.165, 1.54) is 0 Å². The van der Waals surface area contributed by atoms with E-state index in [9.17, 15) is 0 Å². The summed E-state index contributed by atoms with van der Waals surface area (Å²) < 4.78 is 0. The molecule has 0 amide bonds. The van der Waals surface area contributed by atoms with Crippen LogP contribution in [0.1, 0.15) is 18.5 Å². The maximum absolute atomic E-state index is 6.95. The highest BCUT2D eigenvalue weighted by molar-refractivity contribution is 5.78. The standard InChI is InChI=1S/C12H10N2/c1-9(13-2)11-7-10-5-3-4-6-12(10)14-8-11/h3-9H,1H3. The number of rotatable bonds is 1. The highest BCUT2D eigenvalue weighted by Crippen LogP contribution is 2.19. The topological polar surface area (TPSA) is 17.2 Å². The Morgan fingerprint density at radius 2 is 2.14 bits per heavy atom. The number of benzene rings is 1. The van der Waals surface area contributed by atoms with Gasteiger partial charge in [-0.25, -0.2) is 6.57 Å². The fourth-order valence-corrected chi connectivity index (χ4v) is 1.39. The molecule has 1 aromatic heterocycles. The van der Waals surface area contributed by atoms with Crippen LogP contribution < -0.4 is 0 Å². The molecule has 68 valence electrons. The van der Waals surface area contributed by atoms with Gasteiger partial charge in [-0.2, -0.15) is 0 Å². The van der Waals surface area contributed by atoms with Crippen molar-refractivity contribution in [2.24, 2.45) is 0 Å². The van der Waals surface area contributed by atoms with Crippen molar-refractivity contribution in [2.75, 3.05) is 0 Å². The van der Waals surface area contributed by atoms with Crippen LogP contribution in [-0.2, 0) is 0 Å². The van der Waals surface area contributed by atoms with Crippen LogP contribution in [0.5, 0.6) is 0 Å². The van der Waals surface area contributed by atoms with Gasteiger partial charge in [-0.1, -0.05) is 18.2 Å². The third-order valence-corrected chi connectivity index (χ3v) is 2.29. The van der Waals surface area contributed by atoms with E-state index in [0.29, 0.717) is 0 Å². The molecule has 14 heavy (non-hydrogen) atoms. The number of fused-ring (bicyclic) bond motifs is 1. The van der Waals surface area contributed by atoms with Crippen molar-refractivity contribution in [1.82, 2.24) is 4.98 Å². The summed E-state index contributed by atoms with van der Waals surface area (Å²) in [6, 6.07) is 9.87. The molecule has 0 saturated carbocycles. The Bertz CT molecular complexity index is 497. The van der Waals surface area contributed by atoms with Crippen LogP contribution in [-0.4, -0.2) is 4.98 Å². The van der Waals surface area contributed by atoms with Crippen molar-refractivity contribution in [3.63, 3.8) is 0 Å². The van der Waals surface area contributed by atoms with Crippen molar-refractivity contribution in [3.8, 4) is 0 Å². The summed E-state index contributed by atoms with van der Waals surface area (Å²) in [7, 11) is 0. The van der Waals surface area contributed by atoms with Crippen LogP contribution in [0.25, 0.3) is 15.7 Å². The Morgan fingerprint density at radius 1 is 1.36 bits per heavy atom. The van der Waals surface area contributed by atoms with E-state index in [2.05, 4.69) is 9.83 Å². The molecule has 2 heteroatoms. The Labute approximate surface area is 83.0 Å². The Kier molecular flexibility index (Phi) is 2.16. The summed E-state index contributed by atoms with van der Waals surface area (Å²) >= 11 is 0. The molecule has 0 aliphatic heterocycles. The van der Waals surface area contributed by atoms with Crippen LogP contribution in [0, 0.1) is 6.57 Å². The number of pyridine rings is 1. The van der Waals surface area contributed by atoms with Gasteiger partial charge in [-0.3, -0.25) is 4.98 Å². The van der Waals surface area contributed by atoms with Crippen LogP contribution in [0.4, 0.5) is 0 Å². The Morgan fingerprint density at radius 3 is 2.93 bits per heavy atom. The second kappa shape index (κ2) is 3.47. The van der Waals surface area contributed by atoms with Gasteiger partial charge in [0.05, 0.1) is 11.1 Å². The van der Waals surface area contributed by atoms with Gasteiger partial charge in [0.25, 0.3) is 0 Å². The molecule has 2 aromatic rings. The second-order valence-corrected chi connectivity index (χ2v) is 3.27. The fourth-order valence-electron chi connectivity index (χ4n) is 1.39. The molecule has 0 aliphatic rings. The van der Waals surface area contributed by atoms with Gasteiger partial charge in [0.15, 0.2) is 0 Å². The number of para-hydroxylation sites is 1. The molecular formula is C12H10N2. The number of hydrogen-bond donors (Lipinski definition) is 0. The van der Waals surface area contributed by atoms with Gasteiger partial charge in [0.2, 0.25) is 6.04 Å². The van der Waals surface area contributed by atoms with Crippen LogP contribution in [0.15, 0.2) is 36.5 Å². The summed E-state index contributed by atoms with van der Waals surface area (Å²) in [4.78, 5) is 7.78. The summed E-state index contributed by atoms with van der Waals surface area (Å²) in [5.41, 5.74) is 1.96. The summed E-state index contributed by atoms with van der Waals surface area (Å²) in [6.07, 6.45) is 1.78. The largest absolute Gasteiger partial charge is 0.309 e. The van der Waals surface area contributed by atoms with E-state index in [1.807, 2.05) is 37.3 Å². The van der Waals surface area contributed by atoms with Crippen molar-refractivity contribution in [3.05, 3.63) is 53.5 Å². The highest BCUT2D eigenvalue weighted by Gasteiger charge is 2.08. The summed E-state index contributed by atoms with van der Waals surface area (Å²) in [5, 5.41) is 1.10. The minimum Gasteiger partial charge on any atom is -0.309 e. The lowest BCUT2D eigenvalue weighted by atomic mass is 10.1. The normalized spacial score (nSPS) is 12.3. The molecule has 1 atom stereocenters. The van der Waals surface area contributed by atoms with Crippen molar-refractivity contribution in [2.45, 2.75) is 13.0 Å². The first-order valence-electron chi connectivity index (χ1n) is 4.52. The van der Waals surface area contributed by atoms with Crippen LogP contribution >= 0.6 is 0 Å². The zero-order valence-corrected chi connectivity index (χ0v) is 7.94. The number of nitrogens with zero attached hydrogens (tertiary/aromatic N) is 2. The van der Waals surface area contributed by atoms with Gasteiger partial charge in [0, 0.05) is 18.5 Å². The molecule has 0 spiro atoms. The third-order valence-electron chi connectivity index (χ3n) is 2.29. The van der Waals surface area contributed by atoms with E-state index in [4.69, 9.17) is 6.57 Å². The Hall–Kier alpha value is -1.88. The van der Waals surface area contributed by atoms with Gasteiger partial charge < -0.3 is 4.85 Å². The molecule has 1 unspecified atom stereocenters. The van der Waals surface area contributed by atoms with Crippen molar-refractivity contribution >= 4 is 10.9 Å². The fraction of sp³-hybridized carbons (Fsp3) is 0.167. The monoisotopic (exact) mass is 182 g/mol. The number of hydrogen-bond acceptors (Lipinski definition) is 1. The SMILES string of the molecule is [C-]#[N+]C(C)c1cnc2ccccc2c1. The van der Waals surface area contributed by atoms with Crippen LogP contribution in [0.3, 0.4) is 0 Å². The maximum Gasteiger partial charge on any atom is 0.247 e. The highest BCUT2D eigenvalue weighted by atomic mass is 14.7. The van der Waals surface area contributed by atoms with E-state index >= 15 is 0 Å². The minimum absolute atomic E-state index is 0.105. The van der Waals surface area contributed by atoms with Crippen molar-refractivity contribution < 1.29 is 0 Å². The lowest BCUT2D eigenvalue weighted by Crippen LogP contribution is -1.89. The molecule has 0 saturated heterocycles. The first-order chi connectivity index (χ1) is 6.81. The van der Waals surface area contributed by atoms with Gasteiger partial charge in [-0.05, 0) is 12.1 Å². The van der Waals surface area contributed by atoms with Gasteiger partial charge in [0.1, 0.15) is 0 Å². The van der Waals surface area contributed by atoms with Gasteiger partial charge in [-0.15, -0.1) is 0 Å². The smallest absolute Gasteiger partial charge is 0.247 e.